The molecule has 0 bridgehead atoms. The molecule has 4 aromatic rings. The Morgan fingerprint density at radius 1 is 0.923 bits per heavy atom. The summed E-state index contributed by atoms with van der Waals surface area (Å²) in [7, 11) is 0. The molecule has 126 valence electrons. The molecule has 0 aromatic carbocycles. The Morgan fingerprint density at radius 2 is 1.62 bits per heavy atom. The van der Waals surface area contributed by atoms with Crippen LogP contribution in [0, 0.1) is 0 Å². The van der Waals surface area contributed by atoms with Crippen LogP contribution in [0.3, 0.4) is 0 Å². The van der Waals surface area contributed by atoms with Crippen LogP contribution >= 0.6 is 11.3 Å². The summed E-state index contributed by atoms with van der Waals surface area (Å²) in [6.07, 6.45) is 12.7. The molecule has 0 atom stereocenters. The van der Waals surface area contributed by atoms with Gasteiger partial charge in [-0.3, -0.25) is 15.1 Å². The zero-order valence-corrected chi connectivity index (χ0v) is 14.8. The second-order valence-electron chi connectivity index (χ2n) is 6.39. The first-order valence-corrected chi connectivity index (χ1v) is 9.36. The number of hydrogen-bond donors (Lipinski definition) is 1. The molecule has 1 aliphatic carbocycles. The van der Waals surface area contributed by atoms with E-state index in [1.54, 1.807) is 11.3 Å². The summed E-state index contributed by atoms with van der Waals surface area (Å²) in [5.74, 6) is 0. The minimum absolute atomic E-state index is 0.252. The quantitative estimate of drug-likeness (QED) is 0.589. The lowest BCUT2D eigenvalue weighted by Crippen LogP contribution is -2.30. The third kappa shape index (κ3) is 2.32. The summed E-state index contributed by atoms with van der Waals surface area (Å²) in [6, 6.07) is 12.5. The summed E-state index contributed by atoms with van der Waals surface area (Å²) in [4.78, 5) is 9.57. The van der Waals surface area contributed by atoms with E-state index in [-0.39, 0.29) is 5.41 Å². The van der Waals surface area contributed by atoms with E-state index in [0.29, 0.717) is 0 Å². The molecule has 26 heavy (non-hydrogen) atoms. The molecular formula is C21H16N4S. The fourth-order valence-corrected chi connectivity index (χ4v) is 4.46. The van der Waals surface area contributed by atoms with Crippen molar-refractivity contribution in [1.29, 1.82) is 0 Å². The van der Waals surface area contributed by atoms with Crippen molar-refractivity contribution in [2.75, 3.05) is 0 Å². The number of H-pyrrole nitrogens is 1. The molecular weight excluding hydrogens is 340 g/mol. The topological polar surface area (TPSA) is 54.5 Å². The Kier molecular flexibility index (Phi) is 3.53. The Bertz CT molecular complexity index is 1010. The molecule has 4 nitrogen and oxygen atoms in total. The second kappa shape index (κ2) is 6.04. The fourth-order valence-electron chi connectivity index (χ4n) is 3.73. The van der Waals surface area contributed by atoms with Crippen LogP contribution in [0.1, 0.15) is 22.4 Å². The van der Waals surface area contributed by atoms with Gasteiger partial charge in [0.15, 0.2) is 0 Å². The third-order valence-electron chi connectivity index (χ3n) is 5.02. The number of aromatic amines is 1. The van der Waals surface area contributed by atoms with Crippen molar-refractivity contribution in [2.45, 2.75) is 11.8 Å². The number of nitrogens with zero attached hydrogens (tertiary/aromatic N) is 3. The Hall–Kier alpha value is -3.05. The van der Waals surface area contributed by atoms with Gasteiger partial charge in [-0.15, -0.1) is 11.3 Å². The minimum Gasteiger partial charge on any atom is -0.281 e. The Balaban J connectivity index is 1.67. The van der Waals surface area contributed by atoms with E-state index in [1.165, 1.54) is 21.6 Å². The highest BCUT2D eigenvalue weighted by Crippen LogP contribution is 2.43. The predicted octanol–water partition coefficient (Wildman–Crippen LogP) is 4.48. The van der Waals surface area contributed by atoms with Crippen LogP contribution in [0.25, 0.3) is 16.6 Å². The van der Waals surface area contributed by atoms with Crippen molar-refractivity contribution < 1.29 is 0 Å². The van der Waals surface area contributed by atoms with E-state index in [4.69, 9.17) is 0 Å². The molecule has 0 radical (unpaired) electrons. The standard InChI is InChI=1S/C21H16N4S/c1-2-19(26-13-1)20-17-3-8-21(14-18(17)24-25-20,15-4-9-22-10-5-15)16-6-11-23-12-7-16/h1-13H,14H2,(H,24,25). The van der Waals surface area contributed by atoms with Crippen LogP contribution < -0.4 is 0 Å². The molecule has 1 aliphatic rings. The van der Waals surface area contributed by atoms with Crippen LogP contribution in [-0.4, -0.2) is 20.2 Å². The van der Waals surface area contributed by atoms with Crippen LogP contribution in [0.4, 0.5) is 0 Å². The molecule has 5 rings (SSSR count). The second-order valence-corrected chi connectivity index (χ2v) is 7.34. The van der Waals surface area contributed by atoms with E-state index in [9.17, 15) is 0 Å². The molecule has 0 spiro atoms. The molecule has 0 saturated carbocycles. The lowest BCUT2D eigenvalue weighted by molar-refractivity contribution is 0.619. The molecule has 0 saturated heterocycles. The normalized spacial score (nSPS) is 14.9. The van der Waals surface area contributed by atoms with Crippen molar-refractivity contribution in [1.82, 2.24) is 20.2 Å². The van der Waals surface area contributed by atoms with Gasteiger partial charge in [-0.05, 0) is 46.8 Å². The number of pyridine rings is 2. The number of rotatable bonds is 3. The zero-order valence-electron chi connectivity index (χ0n) is 14.0. The van der Waals surface area contributed by atoms with Crippen molar-refractivity contribution >= 4 is 17.4 Å². The van der Waals surface area contributed by atoms with E-state index >= 15 is 0 Å². The third-order valence-corrected chi connectivity index (χ3v) is 5.90. The van der Waals surface area contributed by atoms with Crippen LogP contribution in [0.15, 0.2) is 72.6 Å². The minimum atomic E-state index is -0.252. The number of hydrogen-bond acceptors (Lipinski definition) is 4. The highest BCUT2D eigenvalue weighted by molar-refractivity contribution is 7.13. The molecule has 4 aromatic heterocycles. The average molecular weight is 356 g/mol. The lowest BCUT2D eigenvalue weighted by Gasteiger charge is -2.34. The number of fused-ring (bicyclic) bond motifs is 1. The van der Waals surface area contributed by atoms with Gasteiger partial charge >= 0.3 is 0 Å². The van der Waals surface area contributed by atoms with Gasteiger partial charge in [0.1, 0.15) is 5.69 Å². The maximum absolute atomic E-state index is 4.60. The van der Waals surface area contributed by atoms with Crippen molar-refractivity contribution in [2.24, 2.45) is 0 Å². The van der Waals surface area contributed by atoms with Crippen molar-refractivity contribution in [3.8, 4) is 10.6 Å². The van der Waals surface area contributed by atoms with Crippen LogP contribution in [0.5, 0.6) is 0 Å². The van der Waals surface area contributed by atoms with E-state index in [2.05, 4.69) is 74.1 Å². The SMILES string of the molecule is C1=CC(c2ccncc2)(c2ccncc2)Cc2[nH]nc(-c3cccs3)c21. The summed E-state index contributed by atoms with van der Waals surface area (Å²) >= 11 is 1.71. The Morgan fingerprint density at radius 3 is 2.23 bits per heavy atom. The predicted molar refractivity (Wildman–Crippen MR) is 104 cm³/mol. The molecule has 0 aliphatic heterocycles. The lowest BCUT2D eigenvalue weighted by atomic mass is 9.69. The highest BCUT2D eigenvalue weighted by Gasteiger charge is 2.36. The number of allylic oxidation sites excluding steroid dienone is 1. The van der Waals surface area contributed by atoms with Crippen molar-refractivity contribution in [3.63, 3.8) is 0 Å². The van der Waals surface area contributed by atoms with Gasteiger partial charge in [-0.2, -0.15) is 5.10 Å². The number of thiophene rings is 1. The van der Waals surface area contributed by atoms with Gasteiger partial charge in [-0.1, -0.05) is 18.2 Å². The molecule has 0 unspecified atom stereocenters. The maximum Gasteiger partial charge on any atom is 0.109 e. The summed E-state index contributed by atoms with van der Waals surface area (Å²) in [6.45, 7) is 0. The highest BCUT2D eigenvalue weighted by atomic mass is 32.1. The fraction of sp³-hybridized carbons (Fsp3) is 0.0952. The van der Waals surface area contributed by atoms with E-state index in [1.807, 2.05) is 24.8 Å². The first-order chi connectivity index (χ1) is 12.9. The van der Waals surface area contributed by atoms with Gasteiger partial charge in [0.05, 0.1) is 4.88 Å². The summed E-state index contributed by atoms with van der Waals surface area (Å²) in [5, 5.41) is 9.97. The molecule has 1 N–H and O–H groups in total. The van der Waals surface area contributed by atoms with E-state index < -0.39 is 0 Å². The van der Waals surface area contributed by atoms with Gasteiger partial charge in [0, 0.05) is 47.9 Å². The molecule has 0 fully saturated rings. The molecule has 5 heteroatoms. The van der Waals surface area contributed by atoms with Crippen LogP contribution in [0.2, 0.25) is 0 Å². The van der Waals surface area contributed by atoms with Gasteiger partial charge < -0.3 is 0 Å². The van der Waals surface area contributed by atoms with E-state index in [0.717, 1.165) is 17.8 Å². The molecule has 0 amide bonds. The maximum atomic E-state index is 4.60. The van der Waals surface area contributed by atoms with Crippen LogP contribution in [-0.2, 0) is 11.8 Å². The smallest absolute Gasteiger partial charge is 0.109 e. The van der Waals surface area contributed by atoms with Gasteiger partial charge in [-0.25, -0.2) is 0 Å². The first-order valence-electron chi connectivity index (χ1n) is 8.48. The summed E-state index contributed by atoms with van der Waals surface area (Å²) in [5.41, 5.74) is 5.55. The largest absolute Gasteiger partial charge is 0.281 e. The monoisotopic (exact) mass is 356 g/mol. The number of nitrogens with one attached hydrogen (secondary N) is 1. The number of aromatic nitrogens is 4. The summed E-state index contributed by atoms with van der Waals surface area (Å²) < 4.78 is 0. The first kappa shape index (κ1) is 15.2. The van der Waals surface area contributed by atoms with Gasteiger partial charge in [0.25, 0.3) is 0 Å². The van der Waals surface area contributed by atoms with Crippen molar-refractivity contribution in [3.05, 3.63) is 95.0 Å². The Labute approximate surface area is 155 Å². The zero-order chi connectivity index (χ0) is 17.4. The van der Waals surface area contributed by atoms with Gasteiger partial charge in [0.2, 0.25) is 0 Å². The average Bonchev–Trinajstić information content (AvgIpc) is 3.38. The molecule has 4 heterocycles.